The summed E-state index contributed by atoms with van der Waals surface area (Å²) in [6, 6.07) is 9.47. The molecule has 1 aromatic carbocycles. The number of carbonyl (C=O) groups excluding carboxylic acids is 1. The van der Waals surface area contributed by atoms with Crippen molar-refractivity contribution in [2.45, 2.75) is 6.92 Å². The molecule has 1 N–H and O–H groups in total. The third kappa shape index (κ3) is 3.65. The van der Waals surface area contributed by atoms with Gasteiger partial charge in [0.05, 0.1) is 19.9 Å². The molecule has 4 nitrogen and oxygen atoms in total. The van der Waals surface area contributed by atoms with E-state index in [0.717, 1.165) is 5.69 Å². The second-order valence-electron chi connectivity index (χ2n) is 2.94. The van der Waals surface area contributed by atoms with Gasteiger partial charge >= 0.3 is 5.97 Å². The minimum Gasteiger partial charge on any atom is -0.489 e. The Kier molecular flexibility index (Phi) is 4.92. The third-order valence-corrected chi connectivity index (χ3v) is 1.84. The SMILES string of the molecule is CCOC(=O)/C(=C\Nc1ccccc1)OC. The van der Waals surface area contributed by atoms with Gasteiger partial charge in [-0.2, -0.15) is 0 Å². The summed E-state index contributed by atoms with van der Waals surface area (Å²) in [5.41, 5.74) is 0.876. The van der Waals surface area contributed by atoms with E-state index in [9.17, 15) is 4.79 Å². The minimum atomic E-state index is -0.478. The molecule has 86 valence electrons. The molecule has 1 aromatic rings. The lowest BCUT2D eigenvalue weighted by Gasteiger charge is -2.06. The average Bonchev–Trinajstić information content (AvgIpc) is 2.31. The van der Waals surface area contributed by atoms with Crippen molar-refractivity contribution in [1.82, 2.24) is 0 Å². The van der Waals surface area contributed by atoms with Crippen LogP contribution in [-0.2, 0) is 14.3 Å². The summed E-state index contributed by atoms with van der Waals surface area (Å²) in [5.74, 6) is -0.334. The Balaban J connectivity index is 2.63. The van der Waals surface area contributed by atoms with Crippen LogP contribution in [0.25, 0.3) is 0 Å². The molecule has 0 unspecified atom stereocenters. The van der Waals surface area contributed by atoms with Crippen LogP contribution in [0.4, 0.5) is 5.69 Å². The van der Waals surface area contributed by atoms with Crippen LogP contribution in [0.3, 0.4) is 0 Å². The van der Waals surface area contributed by atoms with E-state index >= 15 is 0 Å². The van der Waals surface area contributed by atoms with Gasteiger partial charge in [0.2, 0.25) is 5.76 Å². The average molecular weight is 221 g/mol. The summed E-state index contributed by atoms with van der Waals surface area (Å²) < 4.78 is 9.72. The van der Waals surface area contributed by atoms with Gasteiger partial charge in [-0.05, 0) is 19.1 Å². The number of carbonyl (C=O) groups is 1. The second-order valence-corrected chi connectivity index (χ2v) is 2.94. The minimum absolute atomic E-state index is 0.144. The fourth-order valence-electron chi connectivity index (χ4n) is 1.09. The van der Waals surface area contributed by atoms with Gasteiger partial charge in [0.15, 0.2) is 0 Å². The number of anilines is 1. The van der Waals surface area contributed by atoms with Crippen molar-refractivity contribution < 1.29 is 14.3 Å². The van der Waals surface area contributed by atoms with Gasteiger partial charge in [-0.3, -0.25) is 0 Å². The number of ether oxygens (including phenoxy) is 2. The topological polar surface area (TPSA) is 47.6 Å². The number of benzene rings is 1. The van der Waals surface area contributed by atoms with Crippen molar-refractivity contribution in [2.24, 2.45) is 0 Å². The van der Waals surface area contributed by atoms with Crippen LogP contribution in [0.5, 0.6) is 0 Å². The van der Waals surface area contributed by atoms with Crippen LogP contribution in [0.1, 0.15) is 6.92 Å². The largest absolute Gasteiger partial charge is 0.489 e. The van der Waals surface area contributed by atoms with E-state index in [0.29, 0.717) is 6.61 Å². The molecule has 0 aliphatic heterocycles. The van der Waals surface area contributed by atoms with Gasteiger partial charge in [0.1, 0.15) is 0 Å². The van der Waals surface area contributed by atoms with Crippen LogP contribution in [0.2, 0.25) is 0 Å². The number of esters is 1. The highest BCUT2D eigenvalue weighted by molar-refractivity contribution is 5.86. The number of hydrogen-bond acceptors (Lipinski definition) is 4. The first kappa shape index (κ1) is 12.1. The molecule has 0 fully saturated rings. The number of hydrogen-bond donors (Lipinski definition) is 1. The molecular weight excluding hydrogens is 206 g/mol. The molecule has 16 heavy (non-hydrogen) atoms. The molecule has 0 atom stereocenters. The summed E-state index contributed by atoms with van der Waals surface area (Å²) >= 11 is 0. The van der Waals surface area contributed by atoms with Crippen LogP contribution in [0.15, 0.2) is 42.3 Å². The highest BCUT2D eigenvalue weighted by atomic mass is 16.6. The predicted molar refractivity (Wildman–Crippen MR) is 61.8 cm³/mol. The molecule has 0 radical (unpaired) electrons. The number of nitrogens with one attached hydrogen (secondary N) is 1. The molecule has 0 heterocycles. The maximum absolute atomic E-state index is 11.3. The van der Waals surface area contributed by atoms with Crippen LogP contribution < -0.4 is 5.32 Å². The van der Waals surface area contributed by atoms with E-state index in [2.05, 4.69) is 5.32 Å². The Morgan fingerprint density at radius 2 is 2.06 bits per heavy atom. The molecule has 0 spiro atoms. The first-order valence-electron chi connectivity index (χ1n) is 5.00. The van der Waals surface area contributed by atoms with Crippen molar-refractivity contribution in [1.29, 1.82) is 0 Å². The normalized spacial score (nSPS) is 10.8. The summed E-state index contributed by atoms with van der Waals surface area (Å²) in [4.78, 5) is 11.3. The van der Waals surface area contributed by atoms with Crippen LogP contribution >= 0.6 is 0 Å². The molecule has 0 saturated heterocycles. The Bertz CT molecular complexity index is 360. The van der Waals surface area contributed by atoms with Gasteiger partial charge in [-0.25, -0.2) is 4.79 Å². The van der Waals surface area contributed by atoms with Crippen molar-refractivity contribution >= 4 is 11.7 Å². The van der Waals surface area contributed by atoms with E-state index < -0.39 is 5.97 Å². The Labute approximate surface area is 94.9 Å². The molecule has 0 aliphatic rings. The summed E-state index contributed by atoms with van der Waals surface area (Å²) in [6.45, 7) is 2.07. The van der Waals surface area contributed by atoms with Crippen LogP contribution in [0, 0.1) is 0 Å². The molecule has 0 bridgehead atoms. The van der Waals surface area contributed by atoms with E-state index in [4.69, 9.17) is 9.47 Å². The molecule has 4 heteroatoms. The smallest absolute Gasteiger partial charge is 0.375 e. The zero-order chi connectivity index (χ0) is 11.8. The second kappa shape index (κ2) is 6.50. The Hall–Kier alpha value is -1.97. The van der Waals surface area contributed by atoms with Crippen molar-refractivity contribution in [3.8, 4) is 0 Å². The van der Waals surface area contributed by atoms with E-state index in [-0.39, 0.29) is 5.76 Å². The quantitative estimate of drug-likeness (QED) is 0.470. The first-order chi connectivity index (χ1) is 7.77. The molecule has 0 aliphatic carbocycles. The summed E-state index contributed by atoms with van der Waals surface area (Å²) in [7, 11) is 1.43. The molecule has 0 saturated carbocycles. The lowest BCUT2D eigenvalue weighted by Crippen LogP contribution is -2.10. The molecule has 1 rings (SSSR count). The zero-order valence-electron chi connectivity index (χ0n) is 9.40. The maximum Gasteiger partial charge on any atom is 0.375 e. The third-order valence-electron chi connectivity index (χ3n) is 1.84. The molecule has 0 aromatic heterocycles. The monoisotopic (exact) mass is 221 g/mol. The zero-order valence-corrected chi connectivity index (χ0v) is 9.40. The Morgan fingerprint density at radius 3 is 2.62 bits per heavy atom. The standard InChI is InChI=1S/C12H15NO3/c1-3-16-12(14)11(15-2)9-13-10-7-5-4-6-8-10/h4-9,13H,3H2,1-2H3/b11-9+. The Morgan fingerprint density at radius 1 is 1.38 bits per heavy atom. The fraction of sp³-hybridized carbons (Fsp3) is 0.250. The number of para-hydroxylation sites is 1. The highest BCUT2D eigenvalue weighted by Crippen LogP contribution is 2.07. The van der Waals surface area contributed by atoms with E-state index in [1.807, 2.05) is 30.3 Å². The van der Waals surface area contributed by atoms with Gasteiger partial charge in [0.25, 0.3) is 0 Å². The summed E-state index contributed by atoms with van der Waals surface area (Å²) in [6.07, 6.45) is 1.48. The molecular formula is C12H15NO3. The number of rotatable bonds is 5. The van der Waals surface area contributed by atoms with E-state index in [1.54, 1.807) is 6.92 Å². The van der Waals surface area contributed by atoms with Gasteiger partial charge in [0, 0.05) is 5.69 Å². The first-order valence-corrected chi connectivity index (χ1v) is 5.00. The highest BCUT2D eigenvalue weighted by Gasteiger charge is 2.09. The van der Waals surface area contributed by atoms with Crippen molar-refractivity contribution in [3.05, 3.63) is 42.3 Å². The van der Waals surface area contributed by atoms with Crippen LogP contribution in [-0.4, -0.2) is 19.7 Å². The number of methoxy groups -OCH3 is 1. The van der Waals surface area contributed by atoms with E-state index in [1.165, 1.54) is 13.3 Å². The van der Waals surface area contributed by atoms with Crippen molar-refractivity contribution in [2.75, 3.05) is 19.0 Å². The summed E-state index contributed by atoms with van der Waals surface area (Å²) in [5, 5.41) is 2.95. The molecule has 0 amide bonds. The van der Waals surface area contributed by atoms with Gasteiger partial charge < -0.3 is 14.8 Å². The predicted octanol–water partition coefficient (Wildman–Crippen LogP) is 2.15. The lowest BCUT2D eigenvalue weighted by atomic mass is 10.3. The van der Waals surface area contributed by atoms with Crippen molar-refractivity contribution in [3.63, 3.8) is 0 Å². The lowest BCUT2D eigenvalue weighted by molar-refractivity contribution is -0.142. The fourth-order valence-corrected chi connectivity index (χ4v) is 1.09. The maximum atomic E-state index is 11.3. The van der Waals surface area contributed by atoms with Gasteiger partial charge in [-0.1, -0.05) is 18.2 Å². The van der Waals surface area contributed by atoms with Gasteiger partial charge in [-0.15, -0.1) is 0 Å².